The first-order valence-corrected chi connectivity index (χ1v) is 18.1. The summed E-state index contributed by atoms with van der Waals surface area (Å²) in [4.78, 5) is 5.42. The first-order valence-electron chi connectivity index (χ1n) is 18.1. The number of allylic oxidation sites excluding steroid dienone is 1. The Morgan fingerprint density at radius 2 is 1.02 bits per heavy atom. The molecule has 9 aromatic rings. The molecule has 3 heteroatoms. The largest absolute Gasteiger partial charge is 0.455 e. The quantitative estimate of drug-likeness (QED) is 0.190. The minimum Gasteiger partial charge on any atom is -0.455 e. The molecule has 1 atom stereocenters. The van der Waals surface area contributed by atoms with Crippen LogP contribution < -0.4 is 5.32 Å². The summed E-state index contributed by atoms with van der Waals surface area (Å²) < 4.78 is 6.70. The van der Waals surface area contributed by atoms with Crippen molar-refractivity contribution >= 4 is 44.1 Å². The minimum absolute atomic E-state index is 0.287. The van der Waals surface area contributed by atoms with Crippen molar-refractivity contribution < 1.29 is 4.42 Å². The number of fused-ring (bicyclic) bond motifs is 4. The zero-order valence-electron chi connectivity index (χ0n) is 28.9. The van der Waals surface area contributed by atoms with Crippen LogP contribution in [0.1, 0.15) is 22.9 Å². The van der Waals surface area contributed by atoms with Gasteiger partial charge in [-0.1, -0.05) is 176 Å². The van der Waals surface area contributed by atoms with Crippen LogP contribution >= 0.6 is 0 Å². The van der Waals surface area contributed by atoms with Gasteiger partial charge in [0, 0.05) is 27.6 Å². The van der Waals surface area contributed by atoms with E-state index in [1.165, 1.54) is 33.0 Å². The van der Waals surface area contributed by atoms with Gasteiger partial charge in [-0.2, -0.15) is 0 Å². The van der Waals surface area contributed by atoms with E-state index < -0.39 is 0 Å². The Bertz CT molecular complexity index is 2820. The van der Waals surface area contributed by atoms with E-state index in [0.717, 1.165) is 61.2 Å². The number of hydrogen-bond donors (Lipinski definition) is 1. The van der Waals surface area contributed by atoms with Crippen LogP contribution in [0.5, 0.6) is 0 Å². The Kier molecular flexibility index (Phi) is 7.54. The highest BCUT2D eigenvalue weighted by Gasteiger charge is 2.24. The number of para-hydroxylation sites is 1. The molecule has 0 fully saturated rings. The lowest BCUT2D eigenvalue weighted by Gasteiger charge is -2.25. The van der Waals surface area contributed by atoms with Crippen molar-refractivity contribution in [3.63, 3.8) is 0 Å². The van der Waals surface area contributed by atoms with Gasteiger partial charge in [-0.15, -0.1) is 0 Å². The van der Waals surface area contributed by atoms with Gasteiger partial charge in [-0.25, -0.2) is 0 Å². The van der Waals surface area contributed by atoms with Crippen molar-refractivity contribution in [2.45, 2.75) is 6.17 Å². The number of nitrogens with one attached hydrogen (secondary N) is 1. The van der Waals surface area contributed by atoms with E-state index in [-0.39, 0.29) is 6.17 Å². The maximum absolute atomic E-state index is 6.70. The highest BCUT2D eigenvalue weighted by molar-refractivity contribution is 6.25. The number of nitrogens with zero attached hydrogens (tertiary/aromatic N) is 1. The molecular weight excluding hydrogens is 645 g/mol. The molecule has 2 heterocycles. The second-order valence-electron chi connectivity index (χ2n) is 13.5. The molecule has 0 aliphatic carbocycles. The van der Waals surface area contributed by atoms with Crippen LogP contribution in [0.15, 0.2) is 204 Å². The third-order valence-corrected chi connectivity index (χ3v) is 10.4. The van der Waals surface area contributed by atoms with Crippen LogP contribution in [0.3, 0.4) is 0 Å². The Labute approximate surface area is 308 Å². The summed E-state index contributed by atoms with van der Waals surface area (Å²) in [5.41, 5.74) is 13.9. The second-order valence-corrected chi connectivity index (χ2v) is 13.5. The summed E-state index contributed by atoms with van der Waals surface area (Å²) in [5.74, 6) is 0. The lowest BCUT2D eigenvalue weighted by Crippen LogP contribution is -2.25. The number of hydrogen-bond acceptors (Lipinski definition) is 3. The number of benzene rings is 8. The first-order chi connectivity index (χ1) is 26.3. The predicted octanol–water partition coefficient (Wildman–Crippen LogP) is 12.9. The van der Waals surface area contributed by atoms with Crippen molar-refractivity contribution in [3.8, 4) is 33.4 Å². The van der Waals surface area contributed by atoms with Crippen molar-refractivity contribution in [1.29, 1.82) is 0 Å². The summed E-state index contributed by atoms with van der Waals surface area (Å²) in [6, 6.07) is 66.4. The fourth-order valence-corrected chi connectivity index (χ4v) is 7.69. The molecule has 53 heavy (non-hydrogen) atoms. The number of aliphatic imine (C=N–C) groups is 1. The summed E-state index contributed by atoms with van der Waals surface area (Å²) in [6.45, 7) is 0. The molecule has 0 bridgehead atoms. The maximum Gasteiger partial charge on any atom is 0.145 e. The van der Waals surface area contributed by atoms with Gasteiger partial charge >= 0.3 is 0 Å². The van der Waals surface area contributed by atoms with Crippen molar-refractivity contribution in [3.05, 3.63) is 211 Å². The third kappa shape index (κ3) is 5.60. The fraction of sp³-hybridized carbons (Fsp3) is 0.0200. The van der Waals surface area contributed by atoms with Crippen LogP contribution in [-0.2, 0) is 0 Å². The van der Waals surface area contributed by atoms with Crippen molar-refractivity contribution in [2.75, 3.05) is 0 Å². The van der Waals surface area contributed by atoms with E-state index in [2.05, 4.69) is 187 Å². The summed E-state index contributed by atoms with van der Waals surface area (Å²) >= 11 is 0. The monoisotopic (exact) mass is 678 g/mol. The summed E-state index contributed by atoms with van der Waals surface area (Å²) in [7, 11) is 0. The van der Waals surface area contributed by atoms with Gasteiger partial charge in [0.05, 0.1) is 5.71 Å². The fourth-order valence-electron chi connectivity index (χ4n) is 7.69. The molecule has 3 nitrogen and oxygen atoms in total. The highest BCUT2D eigenvalue weighted by Crippen LogP contribution is 2.40. The Morgan fingerprint density at radius 3 is 1.81 bits per heavy atom. The van der Waals surface area contributed by atoms with Crippen LogP contribution in [0, 0.1) is 0 Å². The molecule has 0 saturated heterocycles. The number of furan rings is 1. The van der Waals surface area contributed by atoms with Gasteiger partial charge in [-0.3, -0.25) is 4.99 Å². The van der Waals surface area contributed by atoms with E-state index >= 15 is 0 Å². The highest BCUT2D eigenvalue weighted by atomic mass is 16.3. The Hall–Kier alpha value is -6.97. The van der Waals surface area contributed by atoms with Crippen LogP contribution in [0.2, 0.25) is 0 Å². The van der Waals surface area contributed by atoms with E-state index in [1.807, 2.05) is 12.1 Å². The number of rotatable bonds is 6. The topological polar surface area (TPSA) is 37.5 Å². The Morgan fingerprint density at radius 1 is 0.434 bits per heavy atom. The normalized spacial score (nSPS) is 14.2. The van der Waals surface area contributed by atoms with Crippen LogP contribution in [-0.4, -0.2) is 5.71 Å². The molecule has 8 aromatic carbocycles. The first kappa shape index (κ1) is 30.8. The van der Waals surface area contributed by atoms with Gasteiger partial charge in [0.1, 0.15) is 17.3 Å². The lowest BCUT2D eigenvalue weighted by molar-refractivity contribution is 0.664. The zero-order valence-corrected chi connectivity index (χ0v) is 28.9. The smallest absolute Gasteiger partial charge is 0.145 e. The molecule has 0 amide bonds. The second kappa shape index (κ2) is 13.0. The van der Waals surface area contributed by atoms with E-state index in [9.17, 15) is 0 Å². The molecule has 1 aliphatic heterocycles. The van der Waals surface area contributed by atoms with Gasteiger partial charge in [0.2, 0.25) is 0 Å². The molecule has 1 unspecified atom stereocenters. The van der Waals surface area contributed by atoms with Gasteiger partial charge in [0.15, 0.2) is 0 Å². The zero-order chi connectivity index (χ0) is 35.1. The van der Waals surface area contributed by atoms with Crippen molar-refractivity contribution in [2.24, 2.45) is 4.99 Å². The van der Waals surface area contributed by atoms with E-state index in [0.29, 0.717) is 0 Å². The average Bonchev–Trinajstić information content (AvgIpc) is 3.64. The van der Waals surface area contributed by atoms with Gasteiger partial charge in [0.25, 0.3) is 0 Å². The van der Waals surface area contributed by atoms with Crippen LogP contribution in [0.25, 0.3) is 71.8 Å². The molecule has 1 N–H and O–H groups in total. The molecule has 10 rings (SSSR count). The molecule has 0 spiro atoms. The molecule has 250 valence electrons. The molecule has 1 aliphatic rings. The lowest BCUT2D eigenvalue weighted by atomic mass is 9.93. The van der Waals surface area contributed by atoms with Crippen LogP contribution in [0.4, 0.5) is 0 Å². The molecule has 0 saturated carbocycles. The maximum atomic E-state index is 6.70. The molecule has 0 radical (unpaired) electrons. The third-order valence-electron chi connectivity index (χ3n) is 10.4. The summed E-state index contributed by atoms with van der Waals surface area (Å²) in [5, 5.41) is 8.39. The van der Waals surface area contributed by atoms with E-state index in [4.69, 9.17) is 9.41 Å². The standard InChI is InChI=1S/C50H34N2O/c1-3-12-33(13-4-1)34-22-24-37(25-23-34)42-30-31-43(48-44-19-9-10-21-47(44)53-49(42)48)46-32-45(38-15-5-2-6-16-38)51-50(52-46)39-28-26-36(27-29-39)41-20-11-17-35-14-7-8-18-40(35)41/h1-32,50-51H. The minimum atomic E-state index is -0.287. The average molecular weight is 679 g/mol. The SMILES string of the molecule is C1=C(c2ccccc2)NC(c2ccc(-c3cccc4ccccc34)cc2)N=C1c1ccc(-c2ccc(-c3ccccc3)cc2)c2oc3ccccc3c12. The van der Waals surface area contributed by atoms with E-state index in [1.54, 1.807) is 0 Å². The van der Waals surface area contributed by atoms with Gasteiger partial charge in [-0.05, 0) is 67.9 Å². The van der Waals surface area contributed by atoms with Crippen molar-refractivity contribution in [1.82, 2.24) is 5.32 Å². The molecule has 1 aromatic heterocycles. The summed E-state index contributed by atoms with van der Waals surface area (Å²) in [6.07, 6.45) is 1.89. The molecular formula is C50H34N2O. The predicted molar refractivity (Wildman–Crippen MR) is 221 cm³/mol. The van der Waals surface area contributed by atoms with Gasteiger partial charge < -0.3 is 9.73 Å². The Balaban J connectivity index is 1.10.